The summed E-state index contributed by atoms with van der Waals surface area (Å²) >= 11 is 0. The van der Waals surface area contributed by atoms with Gasteiger partial charge in [0.1, 0.15) is 0 Å². The van der Waals surface area contributed by atoms with Crippen molar-refractivity contribution in [1.82, 2.24) is 30.1 Å². The lowest BCUT2D eigenvalue weighted by Gasteiger charge is -1.97. The van der Waals surface area contributed by atoms with Crippen molar-refractivity contribution in [2.45, 2.75) is 26.3 Å². The zero-order valence-corrected chi connectivity index (χ0v) is 11.6. The second kappa shape index (κ2) is 5.31. The topological polar surface area (TPSA) is 98.2 Å². The quantitative estimate of drug-likeness (QED) is 0.773. The third-order valence-electron chi connectivity index (χ3n) is 2.91. The van der Waals surface area contributed by atoms with E-state index in [-0.39, 0.29) is 24.2 Å². The minimum absolute atomic E-state index is 0.0669. The van der Waals surface area contributed by atoms with Gasteiger partial charge in [0.15, 0.2) is 5.76 Å². The summed E-state index contributed by atoms with van der Waals surface area (Å²) in [4.78, 5) is 20.0. The van der Waals surface area contributed by atoms with Gasteiger partial charge >= 0.3 is 0 Å². The van der Waals surface area contributed by atoms with Gasteiger partial charge in [0.25, 0.3) is 11.7 Å². The second-order valence-electron chi connectivity index (χ2n) is 4.86. The number of carbonyl (C=O) groups is 1. The van der Waals surface area contributed by atoms with Crippen LogP contribution in [0.25, 0.3) is 5.78 Å². The first-order valence-corrected chi connectivity index (χ1v) is 6.54. The highest BCUT2D eigenvalue weighted by Crippen LogP contribution is 2.13. The van der Waals surface area contributed by atoms with E-state index in [4.69, 9.17) is 4.52 Å². The largest absolute Gasteiger partial charge is 0.359 e. The van der Waals surface area contributed by atoms with Crippen molar-refractivity contribution in [3.8, 4) is 0 Å². The first kappa shape index (κ1) is 13.2. The van der Waals surface area contributed by atoms with Crippen molar-refractivity contribution in [2.75, 3.05) is 0 Å². The predicted molar refractivity (Wildman–Crippen MR) is 72.5 cm³/mol. The molecule has 21 heavy (non-hydrogen) atoms. The lowest BCUT2D eigenvalue weighted by molar-refractivity contribution is 0.0937. The maximum atomic E-state index is 12.0. The van der Waals surface area contributed by atoms with Gasteiger partial charge in [0, 0.05) is 18.5 Å². The van der Waals surface area contributed by atoms with Gasteiger partial charge in [0.2, 0.25) is 5.82 Å². The van der Waals surface area contributed by atoms with Gasteiger partial charge in [-0.1, -0.05) is 19.0 Å². The molecule has 1 amide bonds. The SMILES string of the molecule is CC(C)c1cc(CNC(=O)c2nc3ncccn3n2)on1. The Hall–Kier alpha value is -2.77. The number of rotatable bonds is 4. The fourth-order valence-corrected chi connectivity index (χ4v) is 1.76. The average Bonchev–Trinajstić information content (AvgIpc) is 3.11. The van der Waals surface area contributed by atoms with E-state index in [0.717, 1.165) is 5.69 Å². The van der Waals surface area contributed by atoms with Crippen molar-refractivity contribution < 1.29 is 9.32 Å². The van der Waals surface area contributed by atoms with Gasteiger partial charge in [-0.05, 0) is 12.0 Å². The molecule has 0 aromatic carbocycles. The van der Waals surface area contributed by atoms with Crippen LogP contribution in [0.2, 0.25) is 0 Å². The lowest BCUT2D eigenvalue weighted by Crippen LogP contribution is -2.23. The molecule has 0 aliphatic carbocycles. The molecule has 108 valence electrons. The van der Waals surface area contributed by atoms with E-state index in [2.05, 4.69) is 25.5 Å². The number of fused-ring (bicyclic) bond motifs is 1. The Morgan fingerprint density at radius 2 is 2.33 bits per heavy atom. The number of hydrogen-bond donors (Lipinski definition) is 1. The first-order valence-electron chi connectivity index (χ1n) is 6.54. The third kappa shape index (κ3) is 2.73. The Bertz CT molecular complexity index is 743. The summed E-state index contributed by atoms with van der Waals surface area (Å²) in [6.07, 6.45) is 3.27. The molecular formula is C13H14N6O2. The summed E-state index contributed by atoms with van der Waals surface area (Å²) in [6, 6.07) is 3.54. The number of aromatic nitrogens is 5. The van der Waals surface area contributed by atoms with Crippen molar-refractivity contribution in [3.63, 3.8) is 0 Å². The van der Waals surface area contributed by atoms with Gasteiger partial charge in [-0.25, -0.2) is 9.50 Å². The van der Waals surface area contributed by atoms with Crippen molar-refractivity contribution in [3.05, 3.63) is 41.8 Å². The maximum Gasteiger partial charge on any atom is 0.291 e. The standard InChI is InChI=1S/C13H14N6O2/c1-8(2)10-6-9(21-18-10)7-15-12(20)11-16-13-14-4-3-5-19(13)17-11/h3-6,8H,7H2,1-2H3,(H,15,20). The maximum absolute atomic E-state index is 12.0. The molecule has 3 heterocycles. The van der Waals surface area contributed by atoms with E-state index in [0.29, 0.717) is 11.5 Å². The smallest absolute Gasteiger partial charge is 0.291 e. The van der Waals surface area contributed by atoms with Crippen LogP contribution in [0.3, 0.4) is 0 Å². The van der Waals surface area contributed by atoms with Gasteiger partial charge < -0.3 is 9.84 Å². The van der Waals surface area contributed by atoms with E-state index in [1.165, 1.54) is 4.52 Å². The van der Waals surface area contributed by atoms with Crippen LogP contribution < -0.4 is 5.32 Å². The molecule has 0 saturated heterocycles. The average molecular weight is 286 g/mol. The van der Waals surface area contributed by atoms with E-state index < -0.39 is 0 Å². The Balaban J connectivity index is 1.68. The Morgan fingerprint density at radius 1 is 1.48 bits per heavy atom. The molecule has 3 rings (SSSR count). The lowest BCUT2D eigenvalue weighted by atomic mass is 10.1. The van der Waals surface area contributed by atoms with Crippen molar-refractivity contribution in [2.24, 2.45) is 0 Å². The molecule has 0 bridgehead atoms. The molecule has 0 saturated carbocycles. The number of nitrogens with one attached hydrogen (secondary N) is 1. The Morgan fingerprint density at radius 3 is 3.05 bits per heavy atom. The van der Waals surface area contributed by atoms with E-state index >= 15 is 0 Å². The fraction of sp³-hybridized carbons (Fsp3) is 0.308. The minimum Gasteiger partial charge on any atom is -0.359 e. The van der Waals surface area contributed by atoms with E-state index in [1.54, 1.807) is 18.5 Å². The first-order chi connectivity index (χ1) is 10.1. The summed E-state index contributed by atoms with van der Waals surface area (Å²) in [6.45, 7) is 4.28. The van der Waals surface area contributed by atoms with Crippen LogP contribution in [0.15, 0.2) is 29.0 Å². The number of hydrogen-bond acceptors (Lipinski definition) is 6. The van der Waals surface area contributed by atoms with Gasteiger partial charge in [-0.2, -0.15) is 4.98 Å². The summed E-state index contributed by atoms with van der Waals surface area (Å²) in [5, 5.41) is 10.7. The summed E-state index contributed by atoms with van der Waals surface area (Å²) in [5.41, 5.74) is 0.856. The molecule has 3 aromatic rings. The minimum atomic E-state index is -0.386. The number of carbonyl (C=O) groups excluding carboxylic acids is 1. The monoisotopic (exact) mass is 286 g/mol. The highest BCUT2D eigenvalue weighted by atomic mass is 16.5. The van der Waals surface area contributed by atoms with Crippen LogP contribution >= 0.6 is 0 Å². The van der Waals surface area contributed by atoms with Crippen LogP contribution in [0.4, 0.5) is 0 Å². The van der Waals surface area contributed by atoms with Gasteiger partial charge in [-0.3, -0.25) is 4.79 Å². The zero-order chi connectivity index (χ0) is 14.8. The highest BCUT2D eigenvalue weighted by Gasteiger charge is 2.14. The van der Waals surface area contributed by atoms with Crippen LogP contribution in [0.5, 0.6) is 0 Å². The Kier molecular flexibility index (Phi) is 3.35. The molecule has 0 aliphatic heterocycles. The molecule has 8 heteroatoms. The summed E-state index contributed by atoms with van der Waals surface area (Å²) < 4.78 is 6.59. The molecule has 0 radical (unpaired) electrons. The molecule has 1 N–H and O–H groups in total. The summed E-state index contributed by atoms with van der Waals surface area (Å²) in [5.74, 6) is 0.933. The predicted octanol–water partition coefficient (Wildman–Crippen LogP) is 1.17. The van der Waals surface area contributed by atoms with Crippen LogP contribution in [0.1, 0.15) is 41.8 Å². The summed E-state index contributed by atoms with van der Waals surface area (Å²) in [7, 11) is 0. The number of nitrogens with zero attached hydrogens (tertiary/aromatic N) is 5. The highest BCUT2D eigenvalue weighted by molar-refractivity contribution is 5.90. The molecule has 0 aliphatic rings. The molecule has 8 nitrogen and oxygen atoms in total. The molecular weight excluding hydrogens is 272 g/mol. The van der Waals surface area contributed by atoms with E-state index in [1.807, 2.05) is 19.9 Å². The molecule has 0 fully saturated rings. The van der Waals surface area contributed by atoms with Gasteiger partial charge in [0.05, 0.1) is 12.2 Å². The van der Waals surface area contributed by atoms with Gasteiger partial charge in [-0.15, -0.1) is 5.10 Å². The second-order valence-corrected chi connectivity index (χ2v) is 4.86. The molecule has 0 spiro atoms. The van der Waals surface area contributed by atoms with E-state index in [9.17, 15) is 4.79 Å². The zero-order valence-electron chi connectivity index (χ0n) is 11.6. The van der Waals surface area contributed by atoms with Crippen molar-refractivity contribution in [1.29, 1.82) is 0 Å². The molecule has 0 atom stereocenters. The van der Waals surface area contributed by atoms with Crippen LogP contribution in [0, 0.1) is 0 Å². The Labute approximate surface area is 120 Å². The normalized spacial score (nSPS) is 11.2. The third-order valence-corrected chi connectivity index (χ3v) is 2.91. The van der Waals surface area contributed by atoms with Crippen molar-refractivity contribution >= 4 is 11.7 Å². The fourth-order valence-electron chi connectivity index (χ4n) is 1.76. The molecule has 0 unspecified atom stereocenters. The number of amides is 1. The van der Waals surface area contributed by atoms with Crippen LogP contribution in [-0.4, -0.2) is 30.6 Å². The molecule has 3 aromatic heterocycles. The van der Waals surface area contributed by atoms with Crippen LogP contribution in [-0.2, 0) is 6.54 Å².